The van der Waals surface area contributed by atoms with Gasteiger partial charge in [0.25, 0.3) is 5.91 Å². The van der Waals surface area contributed by atoms with Gasteiger partial charge in [-0.05, 0) is 74.3 Å². The van der Waals surface area contributed by atoms with Crippen molar-refractivity contribution in [1.82, 2.24) is 29.3 Å². The fourth-order valence-corrected chi connectivity index (χ4v) is 6.15. The fraction of sp³-hybridized carbons (Fsp3) is 0.500. The minimum atomic E-state index is -0.00217. The van der Waals surface area contributed by atoms with Gasteiger partial charge < -0.3 is 14.8 Å². The summed E-state index contributed by atoms with van der Waals surface area (Å²) in [5, 5.41) is 4.17. The summed E-state index contributed by atoms with van der Waals surface area (Å²) in [6.45, 7) is 8.85. The Morgan fingerprint density at radius 3 is 2.56 bits per heavy atom. The molecule has 4 heterocycles. The first-order chi connectivity index (χ1) is 17.3. The molecule has 3 fully saturated rings. The topological polar surface area (TPSA) is 79.2 Å². The Labute approximate surface area is 212 Å². The van der Waals surface area contributed by atoms with Crippen LogP contribution in [-0.4, -0.2) is 68.5 Å². The van der Waals surface area contributed by atoms with Gasteiger partial charge in [0.1, 0.15) is 17.2 Å². The number of nitrogens with zero attached hydrogens (tertiary/aromatic N) is 6. The van der Waals surface area contributed by atoms with Crippen LogP contribution in [0.1, 0.15) is 56.1 Å². The molecule has 0 spiro atoms. The first-order valence-corrected chi connectivity index (χ1v) is 13.0. The number of nitrogens with one attached hydrogen (secondary N) is 1. The van der Waals surface area contributed by atoms with E-state index in [2.05, 4.69) is 57.7 Å². The summed E-state index contributed by atoms with van der Waals surface area (Å²) in [4.78, 5) is 31.2. The van der Waals surface area contributed by atoms with Gasteiger partial charge >= 0.3 is 0 Å². The van der Waals surface area contributed by atoms with Gasteiger partial charge in [-0.3, -0.25) is 9.69 Å². The van der Waals surface area contributed by atoms with Gasteiger partial charge in [-0.25, -0.2) is 9.97 Å². The Balaban J connectivity index is 1.27. The van der Waals surface area contributed by atoms with Crippen molar-refractivity contribution in [3.63, 3.8) is 0 Å². The molecule has 2 bridgehead atoms. The van der Waals surface area contributed by atoms with E-state index in [0.29, 0.717) is 29.4 Å². The molecule has 3 aromatic rings. The first kappa shape index (κ1) is 23.2. The molecule has 4 aliphatic rings. The molecule has 8 heteroatoms. The van der Waals surface area contributed by atoms with Crippen molar-refractivity contribution in [3.8, 4) is 0 Å². The number of rotatable bonds is 6. The summed E-state index contributed by atoms with van der Waals surface area (Å²) in [6, 6.07) is 6.62. The van der Waals surface area contributed by atoms with E-state index >= 15 is 0 Å². The Kier molecular flexibility index (Phi) is 5.41. The van der Waals surface area contributed by atoms with Crippen LogP contribution in [0.3, 0.4) is 0 Å². The lowest BCUT2D eigenvalue weighted by molar-refractivity contribution is -0.160. The fourth-order valence-electron chi connectivity index (χ4n) is 6.15. The highest BCUT2D eigenvalue weighted by Crippen LogP contribution is 2.67. The zero-order valence-electron chi connectivity index (χ0n) is 21.8. The summed E-state index contributed by atoms with van der Waals surface area (Å²) in [6.07, 6.45) is 9.33. The van der Waals surface area contributed by atoms with Crippen LogP contribution in [0.4, 0.5) is 11.8 Å². The van der Waals surface area contributed by atoms with Crippen molar-refractivity contribution in [2.24, 2.45) is 11.8 Å². The third-order valence-corrected chi connectivity index (χ3v) is 8.74. The van der Waals surface area contributed by atoms with Crippen LogP contribution in [0.15, 0.2) is 36.7 Å². The first-order valence-electron chi connectivity index (χ1n) is 13.0. The predicted molar refractivity (Wildman–Crippen MR) is 142 cm³/mol. The van der Waals surface area contributed by atoms with Gasteiger partial charge in [0.05, 0.1) is 5.54 Å². The van der Waals surface area contributed by atoms with Gasteiger partial charge in [0.15, 0.2) is 0 Å². The lowest BCUT2D eigenvalue weighted by Crippen LogP contribution is -2.67. The van der Waals surface area contributed by atoms with E-state index < -0.39 is 0 Å². The SMILES string of the molecule is CC(C)N1CC=C(c2ccc(Nc3ncc4cc(C(=O)N(C)C)n(C56CC(C5)[C@H]6C)c4n3)nc2)CC1. The minimum Gasteiger partial charge on any atom is -0.343 e. The molecule has 3 aliphatic carbocycles. The zero-order valence-corrected chi connectivity index (χ0v) is 21.8. The molecule has 0 aromatic carbocycles. The van der Waals surface area contributed by atoms with E-state index in [1.165, 1.54) is 11.1 Å². The number of aromatic nitrogens is 4. The Hall–Kier alpha value is -3.26. The monoisotopic (exact) mass is 485 g/mol. The predicted octanol–water partition coefficient (Wildman–Crippen LogP) is 4.52. The number of carbonyl (C=O) groups is 1. The second-order valence-corrected chi connectivity index (χ2v) is 11.2. The average molecular weight is 486 g/mol. The van der Waals surface area contributed by atoms with Gasteiger partial charge in [-0.15, -0.1) is 0 Å². The van der Waals surface area contributed by atoms with Gasteiger partial charge in [-0.2, -0.15) is 4.98 Å². The molecule has 1 amide bonds. The van der Waals surface area contributed by atoms with Crippen LogP contribution >= 0.6 is 0 Å². The van der Waals surface area contributed by atoms with E-state index in [1.54, 1.807) is 19.0 Å². The van der Waals surface area contributed by atoms with Crippen molar-refractivity contribution < 1.29 is 4.79 Å². The van der Waals surface area contributed by atoms with Gasteiger partial charge in [0.2, 0.25) is 5.95 Å². The summed E-state index contributed by atoms with van der Waals surface area (Å²) in [5.74, 6) is 2.53. The highest BCUT2D eigenvalue weighted by atomic mass is 16.2. The Morgan fingerprint density at radius 2 is 2.00 bits per heavy atom. The second kappa shape index (κ2) is 8.40. The highest BCUT2D eigenvalue weighted by molar-refractivity contribution is 5.98. The molecule has 1 atom stereocenters. The van der Waals surface area contributed by atoms with Crippen molar-refractivity contribution in [2.45, 2.75) is 51.6 Å². The number of anilines is 2. The standard InChI is InChI=1S/C28H35N7O/c1-17(2)34-10-8-19(9-11-34)20-6-7-24(29-15-20)31-27-30-16-21-12-23(26(36)33(4)5)35(25(21)32-27)28-13-22(14-28)18(28)3/h6-8,12,15-18,22H,9-11,13-14H2,1-5H3,(H,29,30,31,32)/t18-,22?,28?/m1/s1. The number of fused-ring (bicyclic) bond motifs is 1. The molecule has 1 aliphatic heterocycles. The summed E-state index contributed by atoms with van der Waals surface area (Å²) in [5.41, 5.74) is 4.04. The quantitative estimate of drug-likeness (QED) is 0.553. The normalized spacial score (nSPS) is 25.3. The molecule has 1 N–H and O–H groups in total. The van der Waals surface area contributed by atoms with Crippen LogP contribution in [0, 0.1) is 11.8 Å². The van der Waals surface area contributed by atoms with E-state index in [0.717, 1.165) is 49.3 Å². The van der Waals surface area contributed by atoms with Crippen molar-refractivity contribution in [3.05, 3.63) is 47.9 Å². The Morgan fingerprint density at radius 1 is 1.19 bits per heavy atom. The van der Waals surface area contributed by atoms with E-state index in [-0.39, 0.29) is 11.4 Å². The number of pyridine rings is 1. The molecule has 0 radical (unpaired) electrons. The summed E-state index contributed by atoms with van der Waals surface area (Å²) >= 11 is 0. The van der Waals surface area contributed by atoms with Gasteiger partial charge in [-0.1, -0.05) is 13.0 Å². The maximum Gasteiger partial charge on any atom is 0.270 e. The lowest BCUT2D eigenvalue weighted by Gasteiger charge is -2.68. The molecule has 0 saturated heterocycles. The molecule has 8 nitrogen and oxygen atoms in total. The summed E-state index contributed by atoms with van der Waals surface area (Å²) in [7, 11) is 3.60. The molecule has 0 unspecified atom stereocenters. The molecule has 36 heavy (non-hydrogen) atoms. The smallest absolute Gasteiger partial charge is 0.270 e. The number of hydrogen-bond acceptors (Lipinski definition) is 6. The van der Waals surface area contributed by atoms with Crippen LogP contribution in [0.2, 0.25) is 0 Å². The average Bonchev–Trinajstić information content (AvgIpc) is 3.21. The lowest BCUT2D eigenvalue weighted by atomic mass is 9.42. The maximum absolute atomic E-state index is 13.1. The van der Waals surface area contributed by atoms with Gasteiger partial charge in [0, 0.05) is 51.0 Å². The molecule has 3 saturated carbocycles. The number of amides is 1. The highest BCUT2D eigenvalue weighted by Gasteiger charge is 2.65. The van der Waals surface area contributed by atoms with Crippen molar-refractivity contribution in [1.29, 1.82) is 0 Å². The number of carbonyl (C=O) groups excluding carboxylic acids is 1. The van der Waals surface area contributed by atoms with E-state index in [1.807, 2.05) is 24.5 Å². The summed E-state index contributed by atoms with van der Waals surface area (Å²) < 4.78 is 2.20. The minimum absolute atomic E-state index is 0.00217. The van der Waals surface area contributed by atoms with E-state index in [9.17, 15) is 4.79 Å². The number of hydrogen-bond donors (Lipinski definition) is 1. The van der Waals surface area contributed by atoms with E-state index in [4.69, 9.17) is 4.98 Å². The van der Waals surface area contributed by atoms with Crippen LogP contribution in [0.25, 0.3) is 16.6 Å². The maximum atomic E-state index is 13.1. The molecular weight excluding hydrogens is 450 g/mol. The zero-order chi connectivity index (χ0) is 25.2. The van der Waals surface area contributed by atoms with Crippen LogP contribution in [0.5, 0.6) is 0 Å². The molecule has 3 aromatic heterocycles. The third-order valence-electron chi connectivity index (χ3n) is 8.74. The molecular formula is C28H35N7O. The van der Waals surface area contributed by atoms with Crippen LogP contribution < -0.4 is 5.32 Å². The van der Waals surface area contributed by atoms with Crippen molar-refractivity contribution in [2.75, 3.05) is 32.5 Å². The van der Waals surface area contributed by atoms with Crippen LogP contribution in [-0.2, 0) is 5.54 Å². The Bertz CT molecular complexity index is 1350. The molecule has 188 valence electrons. The largest absolute Gasteiger partial charge is 0.343 e. The molecule has 7 rings (SSSR count). The second-order valence-electron chi connectivity index (χ2n) is 11.2. The third kappa shape index (κ3) is 3.53. The van der Waals surface area contributed by atoms with Crippen molar-refractivity contribution >= 4 is 34.3 Å².